The third-order valence-corrected chi connectivity index (χ3v) is 4.86. The van der Waals surface area contributed by atoms with E-state index in [1.165, 1.54) is 23.2 Å². The van der Waals surface area contributed by atoms with Gasteiger partial charge in [-0.2, -0.15) is 0 Å². The summed E-state index contributed by atoms with van der Waals surface area (Å²) >= 11 is 0. The molecule has 0 amide bonds. The Balaban J connectivity index is 1.84. The number of hydrogen-bond donors (Lipinski definition) is 1. The first-order valence-corrected chi connectivity index (χ1v) is 9.23. The topological polar surface area (TPSA) is 29.1 Å². The van der Waals surface area contributed by atoms with Crippen molar-refractivity contribution in [3.8, 4) is 5.75 Å². The Kier molecular flexibility index (Phi) is 7.32. The van der Waals surface area contributed by atoms with Crippen LogP contribution in [-0.4, -0.2) is 27.7 Å². The quantitative estimate of drug-likeness (QED) is 0.705. The summed E-state index contributed by atoms with van der Waals surface area (Å²) in [5.74, 6) is 2.17. The molecule has 0 fully saturated rings. The molecule has 0 aliphatic heterocycles. The van der Waals surface area contributed by atoms with Crippen molar-refractivity contribution in [3.05, 3.63) is 59.7 Å². The number of anilines is 1. The van der Waals surface area contributed by atoms with Crippen LogP contribution in [0.1, 0.15) is 37.3 Å². The van der Waals surface area contributed by atoms with Crippen LogP contribution < -0.4 is 15.0 Å². The van der Waals surface area contributed by atoms with Gasteiger partial charge in [0, 0.05) is 31.8 Å². The van der Waals surface area contributed by atoms with Gasteiger partial charge in [0.2, 0.25) is 0 Å². The van der Waals surface area contributed by atoms with Gasteiger partial charge in [-0.05, 0) is 41.7 Å². The average Bonchev–Trinajstić information content (AvgIpc) is 2.62. The predicted octanol–water partition coefficient (Wildman–Crippen LogP) is 3.65. The minimum Gasteiger partial charge on any atom is -0.497 e. The van der Waals surface area contributed by atoms with Gasteiger partial charge in [0.1, 0.15) is 12.3 Å². The van der Waals surface area contributed by atoms with E-state index >= 15 is 0 Å². The molecule has 3 heteroatoms. The molecule has 136 valence electrons. The van der Waals surface area contributed by atoms with Gasteiger partial charge in [0.05, 0.1) is 13.7 Å². The zero-order valence-electron chi connectivity index (χ0n) is 16.3. The van der Waals surface area contributed by atoms with Crippen molar-refractivity contribution < 1.29 is 10.1 Å². The molecule has 0 aliphatic carbocycles. The van der Waals surface area contributed by atoms with E-state index in [-0.39, 0.29) is 0 Å². The first-order chi connectivity index (χ1) is 12.0. The summed E-state index contributed by atoms with van der Waals surface area (Å²) in [6, 6.07) is 17.4. The van der Waals surface area contributed by atoms with Crippen LogP contribution in [0.5, 0.6) is 5.75 Å². The molecule has 2 aromatic rings. The minimum atomic E-state index is 0.596. The highest BCUT2D eigenvalue weighted by Crippen LogP contribution is 2.28. The molecule has 0 saturated carbocycles. The van der Waals surface area contributed by atoms with Gasteiger partial charge in [-0.25, -0.2) is 0 Å². The van der Waals surface area contributed by atoms with Crippen molar-refractivity contribution in [3.63, 3.8) is 0 Å². The van der Waals surface area contributed by atoms with E-state index in [2.05, 4.69) is 86.7 Å². The SMILES string of the molecule is COc1ccc([C@@H](CC[NH2+]Cc2ccc(N(C)C)cc2)C(C)C)cc1. The van der Waals surface area contributed by atoms with Gasteiger partial charge in [0.25, 0.3) is 0 Å². The largest absolute Gasteiger partial charge is 0.497 e. The molecule has 0 heterocycles. The number of quaternary nitrogens is 1. The van der Waals surface area contributed by atoms with Crippen LogP contribution in [-0.2, 0) is 6.54 Å². The number of benzene rings is 2. The molecule has 1 atom stereocenters. The molecule has 0 aromatic heterocycles. The fraction of sp³-hybridized carbons (Fsp3) is 0.455. The summed E-state index contributed by atoms with van der Waals surface area (Å²) in [7, 11) is 5.87. The summed E-state index contributed by atoms with van der Waals surface area (Å²) in [5, 5.41) is 2.42. The molecule has 25 heavy (non-hydrogen) atoms. The van der Waals surface area contributed by atoms with Gasteiger partial charge in [-0.3, -0.25) is 0 Å². The van der Waals surface area contributed by atoms with Crippen LogP contribution in [0.4, 0.5) is 5.69 Å². The number of rotatable bonds is 9. The number of nitrogens with zero attached hydrogens (tertiary/aromatic N) is 1. The lowest BCUT2D eigenvalue weighted by Gasteiger charge is -2.21. The predicted molar refractivity (Wildman–Crippen MR) is 106 cm³/mol. The smallest absolute Gasteiger partial charge is 0.118 e. The van der Waals surface area contributed by atoms with Crippen molar-refractivity contribution in [1.29, 1.82) is 0 Å². The highest BCUT2D eigenvalue weighted by Gasteiger charge is 2.16. The van der Waals surface area contributed by atoms with Crippen LogP contribution in [0.3, 0.4) is 0 Å². The Morgan fingerprint density at radius 3 is 2.12 bits per heavy atom. The molecule has 0 unspecified atom stereocenters. The van der Waals surface area contributed by atoms with Gasteiger partial charge < -0.3 is 15.0 Å². The zero-order valence-corrected chi connectivity index (χ0v) is 16.3. The molecule has 0 radical (unpaired) electrons. The Morgan fingerprint density at radius 2 is 1.60 bits per heavy atom. The first kappa shape index (κ1) is 19.3. The fourth-order valence-electron chi connectivity index (χ4n) is 3.23. The summed E-state index contributed by atoms with van der Waals surface area (Å²) in [6.07, 6.45) is 1.19. The minimum absolute atomic E-state index is 0.596. The summed E-state index contributed by atoms with van der Waals surface area (Å²) in [6.45, 7) is 6.81. The van der Waals surface area contributed by atoms with Crippen LogP contribution >= 0.6 is 0 Å². The van der Waals surface area contributed by atoms with Crippen LogP contribution in [0.25, 0.3) is 0 Å². The molecule has 2 rings (SSSR count). The second-order valence-corrected chi connectivity index (χ2v) is 7.25. The van der Waals surface area contributed by atoms with Gasteiger partial charge in [-0.15, -0.1) is 0 Å². The Labute approximate surface area is 153 Å². The highest BCUT2D eigenvalue weighted by atomic mass is 16.5. The van der Waals surface area contributed by atoms with E-state index in [1.807, 2.05) is 0 Å². The molecule has 0 aliphatic rings. The number of nitrogens with two attached hydrogens (primary N) is 1. The summed E-state index contributed by atoms with van der Waals surface area (Å²) in [5.41, 5.74) is 4.05. The Bertz CT molecular complexity index is 617. The lowest BCUT2D eigenvalue weighted by atomic mass is 9.86. The fourth-order valence-corrected chi connectivity index (χ4v) is 3.23. The lowest BCUT2D eigenvalue weighted by Crippen LogP contribution is -2.82. The van der Waals surface area contributed by atoms with E-state index in [0.29, 0.717) is 11.8 Å². The second kappa shape index (κ2) is 9.47. The van der Waals surface area contributed by atoms with Crippen molar-refractivity contribution >= 4 is 5.69 Å². The number of methoxy groups -OCH3 is 1. The average molecular weight is 342 g/mol. The van der Waals surface area contributed by atoms with Crippen molar-refractivity contribution in [2.45, 2.75) is 32.7 Å². The van der Waals surface area contributed by atoms with Gasteiger partial charge >= 0.3 is 0 Å². The normalized spacial score (nSPS) is 12.2. The maximum absolute atomic E-state index is 5.27. The second-order valence-electron chi connectivity index (χ2n) is 7.25. The van der Waals surface area contributed by atoms with E-state index in [4.69, 9.17) is 4.74 Å². The van der Waals surface area contributed by atoms with Crippen LogP contribution in [0, 0.1) is 5.92 Å². The summed E-state index contributed by atoms with van der Waals surface area (Å²) < 4.78 is 5.27. The monoisotopic (exact) mass is 341 g/mol. The molecule has 2 aromatic carbocycles. The highest BCUT2D eigenvalue weighted by molar-refractivity contribution is 5.45. The standard InChI is InChI=1S/C22H32N2O/c1-17(2)22(19-8-12-21(25-5)13-9-19)14-15-23-16-18-6-10-20(11-7-18)24(3)4/h6-13,17,22-23H,14-16H2,1-5H3/p+1/t22-/m0/s1. The first-order valence-electron chi connectivity index (χ1n) is 9.23. The van der Waals surface area contributed by atoms with Gasteiger partial charge in [0.15, 0.2) is 0 Å². The number of hydrogen-bond acceptors (Lipinski definition) is 2. The zero-order chi connectivity index (χ0) is 18.2. The third-order valence-electron chi connectivity index (χ3n) is 4.86. The van der Waals surface area contributed by atoms with Crippen LogP contribution in [0.15, 0.2) is 48.5 Å². The van der Waals surface area contributed by atoms with Crippen molar-refractivity contribution in [1.82, 2.24) is 0 Å². The molecule has 3 nitrogen and oxygen atoms in total. The molecular formula is C22H33N2O+. The number of ether oxygens (including phenoxy) is 1. The molecule has 0 saturated heterocycles. The van der Waals surface area contributed by atoms with E-state index in [1.54, 1.807) is 7.11 Å². The summed E-state index contributed by atoms with van der Waals surface area (Å²) in [4.78, 5) is 2.13. The van der Waals surface area contributed by atoms with E-state index in [9.17, 15) is 0 Å². The van der Waals surface area contributed by atoms with Gasteiger partial charge in [-0.1, -0.05) is 38.1 Å². The Morgan fingerprint density at radius 1 is 0.960 bits per heavy atom. The lowest BCUT2D eigenvalue weighted by molar-refractivity contribution is -0.671. The maximum atomic E-state index is 5.27. The molecule has 0 spiro atoms. The van der Waals surface area contributed by atoms with Crippen molar-refractivity contribution in [2.75, 3.05) is 32.6 Å². The van der Waals surface area contributed by atoms with Crippen molar-refractivity contribution in [2.24, 2.45) is 5.92 Å². The Hall–Kier alpha value is -2.00. The van der Waals surface area contributed by atoms with Crippen LogP contribution in [0.2, 0.25) is 0 Å². The molecular weight excluding hydrogens is 308 g/mol. The molecule has 2 N–H and O–H groups in total. The molecule has 0 bridgehead atoms. The van der Waals surface area contributed by atoms with E-state index in [0.717, 1.165) is 18.8 Å². The van der Waals surface area contributed by atoms with E-state index < -0.39 is 0 Å². The maximum Gasteiger partial charge on any atom is 0.118 e. The third kappa shape index (κ3) is 5.79.